The van der Waals surface area contributed by atoms with Gasteiger partial charge in [0.2, 0.25) is 0 Å². The third-order valence-electron chi connectivity index (χ3n) is 3.81. The van der Waals surface area contributed by atoms with Gasteiger partial charge in [0.25, 0.3) is 0 Å². The molecule has 21 heavy (non-hydrogen) atoms. The fourth-order valence-electron chi connectivity index (χ4n) is 2.46. The number of aliphatic hydroxyl groups is 1. The Morgan fingerprint density at radius 1 is 1.10 bits per heavy atom. The summed E-state index contributed by atoms with van der Waals surface area (Å²) in [6.45, 7) is 2.02. The zero-order chi connectivity index (χ0) is 15.3. The van der Waals surface area contributed by atoms with Gasteiger partial charge < -0.3 is 9.84 Å². The molecule has 1 N–H and O–H groups in total. The predicted octanol–water partition coefficient (Wildman–Crippen LogP) is 4.38. The lowest BCUT2D eigenvalue weighted by atomic mass is 9.86. The smallest absolute Gasteiger partial charge is 0.119 e. The summed E-state index contributed by atoms with van der Waals surface area (Å²) >= 11 is 3.56. The minimum atomic E-state index is -0.754. The minimum absolute atomic E-state index is 0.593. The van der Waals surface area contributed by atoms with Gasteiger partial charge in [0.15, 0.2) is 0 Å². The lowest BCUT2D eigenvalue weighted by molar-refractivity contribution is 0.0367. The normalized spacial score (nSPS) is 13.7. The summed E-state index contributed by atoms with van der Waals surface area (Å²) in [6, 6.07) is 16.0. The number of methoxy groups -OCH3 is 1. The fourth-order valence-corrected chi connectivity index (χ4v) is 2.84. The Hall–Kier alpha value is -1.32. The third-order valence-corrected chi connectivity index (χ3v) is 4.58. The summed E-state index contributed by atoms with van der Waals surface area (Å²) in [4.78, 5) is 0. The molecule has 0 spiro atoms. The molecule has 2 aromatic carbocycles. The second-order valence-corrected chi connectivity index (χ2v) is 6.23. The van der Waals surface area contributed by atoms with E-state index < -0.39 is 5.60 Å². The van der Waals surface area contributed by atoms with Gasteiger partial charge >= 0.3 is 0 Å². The van der Waals surface area contributed by atoms with Crippen LogP contribution in [-0.4, -0.2) is 17.8 Å². The van der Waals surface area contributed by atoms with Crippen LogP contribution < -0.4 is 4.74 Å². The molecule has 0 heterocycles. The van der Waals surface area contributed by atoms with E-state index in [-0.39, 0.29) is 0 Å². The average molecular weight is 349 g/mol. The van der Waals surface area contributed by atoms with Gasteiger partial charge in [0, 0.05) is 17.3 Å². The Morgan fingerprint density at radius 3 is 2.43 bits per heavy atom. The van der Waals surface area contributed by atoms with Crippen LogP contribution in [0.5, 0.6) is 5.75 Å². The molecule has 0 bridgehead atoms. The minimum Gasteiger partial charge on any atom is -0.497 e. The Morgan fingerprint density at radius 2 is 1.81 bits per heavy atom. The number of hydrogen-bond acceptors (Lipinski definition) is 2. The van der Waals surface area contributed by atoms with E-state index in [1.54, 1.807) is 7.11 Å². The molecule has 0 amide bonds. The van der Waals surface area contributed by atoms with E-state index in [0.717, 1.165) is 21.3 Å². The van der Waals surface area contributed by atoms with Crippen LogP contribution in [0.2, 0.25) is 0 Å². The van der Waals surface area contributed by atoms with Gasteiger partial charge in [-0.15, -0.1) is 0 Å². The molecule has 0 fully saturated rings. The molecule has 2 nitrogen and oxygen atoms in total. The zero-order valence-electron chi connectivity index (χ0n) is 12.5. The van der Waals surface area contributed by atoms with Crippen molar-refractivity contribution in [3.63, 3.8) is 0 Å². The Kier molecular flexibility index (Phi) is 5.43. The third kappa shape index (κ3) is 4.32. The topological polar surface area (TPSA) is 29.5 Å². The Balaban J connectivity index is 2.21. The maximum absolute atomic E-state index is 11.0. The maximum Gasteiger partial charge on any atom is 0.119 e. The van der Waals surface area contributed by atoms with Crippen LogP contribution in [0.25, 0.3) is 0 Å². The summed E-state index contributed by atoms with van der Waals surface area (Å²) in [6.07, 6.45) is 1.94. The van der Waals surface area contributed by atoms with Crippen molar-refractivity contribution in [2.75, 3.05) is 7.11 Å². The van der Waals surface area contributed by atoms with Crippen molar-refractivity contribution >= 4 is 15.9 Å². The number of hydrogen-bond donors (Lipinski definition) is 1. The van der Waals surface area contributed by atoms with Gasteiger partial charge in [-0.2, -0.15) is 0 Å². The van der Waals surface area contributed by atoms with Gasteiger partial charge in [-0.1, -0.05) is 53.2 Å². The standard InChI is InChI=1S/C18H21BrO2/c1-3-18(20,12-14-7-5-4-6-8-14)13-15-11-16(21-2)9-10-17(15)19/h4-11,20H,3,12-13H2,1-2H3. The van der Waals surface area contributed by atoms with E-state index in [4.69, 9.17) is 4.74 Å². The Bertz CT molecular complexity index is 583. The number of rotatable bonds is 6. The molecule has 0 saturated carbocycles. The first-order valence-corrected chi connectivity index (χ1v) is 7.94. The van der Waals surface area contributed by atoms with Crippen molar-refractivity contribution in [1.82, 2.24) is 0 Å². The van der Waals surface area contributed by atoms with Gasteiger partial charge in [-0.25, -0.2) is 0 Å². The summed E-state index contributed by atoms with van der Waals surface area (Å²) in [5, 5.41) is 11.0. The van der Waals surface area contributed by atoms with Gasteiger partial charge in [-0.05, 0) is 35.7 Å². The van der Waals surface area contributed by atoms with Crippen LogP contribution in [0, 0.1) is 0 Å². The summed E-state index contributed by atoms with van der Waals surface area (Å²) in [5.41, 5.74) is 1.46. The van der Waals surface area contributed by atoms with Crippen molar-refractivity contribution in [2.45, 2.75) is 31.8 Å². The van der Waals surface area contributed by atoms with E-state index in [0.29, 0.717) is 19.3 Å². The Labute approximate surface area is 134 Å². The number of benzene rings is 2. The van der Waals surface area contributed by atoms with Gasteiger partial charge in [0.05, 0.1) is 12.7 Å². The maximum atomic E-state index is 11.0. The highest BCUT2D eigenvalue weighted by atomic mass is 79.9. The summed E-state index contributed by atoms with van der Waals surface area (Å²) in [7, 11) is 1.66. The van der Waals surface area contributed by atoms with Crippen molar-refractivity contribution in [3.05, 3.63) is 64.1 Å². The molecular formula is C18H21BrO2. The zero-order valence-corrected chi connectivity index (χ0v) is 14.1. The van der Waals surface area contributed by atoms with Crippen molar-refractivity contribution in [2.24, 2.45) is 0 Å². The summed E-state index contributed by atoms with van der Waals surface area (Å²) < 4.78 is 6.28. The highest BCUT2D eigenvalue weighted by Gasteiger charge is 2.26. The van der Waals surface area contributed by atoms with E-state index in [9.17, 15) is 5.11 Å². The summed E-state index contributed by atoms with van der Waals surface area (Å²) in [5.74, 6) is 0.811. The molecule has 2 rings (SSSR count). The molecule has 0 aliphatic rings. The van der Waals surface area contributed by atoms with Crippen LogP contribution in [0.4, 0.5) is 0 Å². The molecule has 0 radical (unpaired) electrons. The molecule has 1 unspecified atom stereocenters. The van der Waals surface area contributed by atoms with E-state index >= 15 is 0 Å². The van der Waals surface area contributed by atoms with E-state index in [1.165, 1.54) is 0 Å². The molecular weight excluding hydrogens is 328 g/mol. The van der Waals surface area contributed by atoms with Gasteiger partial charge in [-0.3, -0.25) is 0 Å². The second-order valence-electron chi connectivity index (χ2n) is 5.37. The molecule has 0 aliphatic carbocycles. The monoisotopic (exact) mass is 348 g/mol. The molecule has 0 aromatic heterocycles. The van der Waals surface area contributed by atoms with Crippen molar-refractivity contribution < 1.29 is 9.84 Å². The largest absolute Gasteiger partial charge is 0.497 e. The molecule has 2 aromatic rings. The first-order valence-electron chi connectivity index (χ1n) is 7.15. The van der Waals surface area contributed by atoms with Crippen LogP contribution in [0.1, 0.15) is 24.5 Å². The fraction of sp³-hybridized carbons (Fsp3) is 0.333. The quantitative estimate of drug-likeness (QED) is 0.838. The number of ether oxygens (including phenoxy) is 1. The van der Waals surface area contributed by atoms with Crippen molar-refractivity contribution in [1.29, 1.82) is 0 Å². The highest BCUT2D eigenvalue weighted by Crippen LogP contribution is 2.29. The van der Waals surface area contributed by atoms with E-state index in [2.05, 4.69) is 28.1 Å². The van der Waals surface area contributed by atoms with Crippen LogP contribution in [0.15, 0.2) is 53.0 Å². The lowest BCUT2D eigenvalue weighted by Gasteiger charge is -2.28. The first kappa shape index (κ1) is 16.1. The van der Waals surface area contributed by atoms with Gasteiger partial charge in [0.1, 0.15) is 5.75 Å². The molecule has 1 atom stereocenters. The second kappa shape index (κ2) is 7.10. The van der Waals surface area contributed by atoms with E-state index in [1.807, 2.05) is 43.3 Å². The first-order chi connectivity index (χ1) is 10.1. The van der Waals surface area contributed by atoms with Crippen LogP contribution >= 0.6 is 15.9 Å². The van der Waals surface area contributed by atoms with Crippen molar-refractivity contribution in [3.8, 4) is 5.75 Å². The molecule has 0 aliphatic heterocycles. The predicted molar refractivity (Wildman–Crippen MR) is 89.8 cm³/mol. The lowest BCUT2D eigenvalue weighted by Crippen LogP contribution is -2.33. The van der Waals surface area contributed by atoms with Crippen LogP contribution in [0.3, 0.4) is 0 Å². The molecule has 3 heteroatoms. The number of halogens is 1. The molecule has 112 valence electrons. The average Bonchev–Trinajstić information content (AvgIpc) is 2.50. The van der Waals surface area contributed by atoms with Crippen LogP contribution in [-0.2, 0) is 12.8 Å². The highest BCUT2D eigenvalue weighted by molar-refractivity contribution is 9.10. The SMILES string of the molecule is CCC(O)(Cc1ccccc1)Cc1cc(OC)ccc1Br. The molecule has 0 saturated heterocycles.